The Kier molecular flexibility index (Phi) is 10.7. The molecule has 218 valence electrons. The standard InChI is InChI=1S/C36H36Br2S4/c1-2-3-4-5-6-7-8-12-15-27-20-30(37)35(39-27)21-28-16-25-18-33-26(19-32(25)40-28)17-29(41-33)22-36-31(38)23-34(42-36)24-13-10-9-11-14-24/h9-11,13-14,16-20,23H,2-8,12,15,21-22H2,1H3. The molecule has 0 bridgehead atoms. The van der Waals surface area contributed by atoms with E-state index in [9.17, 15) is 0 Å². The maximum absolute atomic E-state index is 3.87. The first kappa shape index (κ1) is 30.7. The zero-order chi connectivity index (χ0) is 28.9. The molecule has 0 N–H and O–H groups in total. The second kappa shape index (κ2) is 14.7. The number of unbranched alkanes of at least 4 members (excludes halogenated alkanes) is 7. The van der Waals surface area contributed by atoms with Gasteiger partial charge in [-0.05, 0) is 97.4 Å². The van der Waals surface area contributed by atoms with Gasteiger partial charge in [0.25, 0.3) is 0 Å². The average molecular weight is 757 g/mol. The van der Waals surface area contributed by atoms with E-state index in [0.29, 0.717) is 0 Å². The first-order valence-corrected chi connectivity index (χ1v) is 20.0. The highest BCUT2D eigenvalue weighted by atomic mass is 79.9. The number of fused-ring (bicyclic) bond motifs is 2. The van der Waals surface area contributed by atoms with Crippen LogP contribution in [0.3, 0.4) is 0 Å². The molecule has 6 rings (SSSR count). The third kappa shape index (κ3) is 7.68. The predicted molar refractivity (Wildman–Crippen MR) is 199 cm³/mol. The maximum atomic E-state index is 3.87. The Morgan fingerprint density at radius 3 is 1.76 bits per heavy atom. The molecular weight excluding hydrogens is 720 g/mol. The van der Waals surface area contributed by atoms with Crippen LogP contribution in [0.4, 0.5) is 0 Å². The lowest BCUT2D eigenvalue weighted by Crippen LogP contribution is -1.83. The highest BCUT2D eigenvalue weighted by molar-refractivity contribution is 9.11. The SMILES string of the molecule is CCCCCCCCCCc1cc(Br)c(Cc2cc3cc4sc(Cc5sc(-c6ccccc6)cc5Br)cc4cc3s2)s1. The van der Waals surface area contributed by atoms with Crippen LogP contribution < -0.4 is 0 Å². The summed E-state index contributed by atoms with van der Waals surface area (Å²) in [4.78, 5) is 8.61. The highest BCUT2D eigenvalue weighted by Crippen LogP contribution is 2.40. The number of halogens is 2. The number of benzene rings is 2. The summed E-state index contributed by atoms with van der Waals surface area (Å²) in [5.41, 5.74) is 1.29. The van der Waals surface area contributed by atoms with E-state index in [-0.39, 0.29) is 0 Å². The predicted octanol–water partition coefficient (Wildman–Crippen LogP) is 14.3. The van der Waals surface area contributed by atoms with Gasteiger partial charge in [-0.1, -0.05) is 82.2 Å². The molecule has 0 aliphatic carbocycles. The second-order valence-corrected chi connectivity index (χ2v) is 17.6. The Morgan fingerprint density at radius 1 is 0.548 bits per heavy atom. The van der Waals surface area contributed by atoms with Crippen molar-refractivity contribution in [2.24, 2.45) is 0 Å². The van der Waals surface area contributed by atoms with E-state index in [4.69, 9.17) is 0 Å². The van der Waals surface area contributed by atoms with Crippen LogP contribution >= 0.6 is 77.2 Å². The van der Waals surface area contributed by atoms with Crippen LogP contribution in [0.1, 0.15) is 82.7 Å². The molecule has 0 unspecified atom stereocenters. The van der Waals surface area contributed by atoms with Gasteiger partial charge in [0.2, 0.25) is 0 Å². The van der Waals surface area contributed by atoms with E-state index in [1.165, 1.54) is 122 Å². The lowest BCUT2D eigenvalue weighted by Gasteiger charge is -2.00. The van der Waals surface area contributed by atoms with Crippen molar-refractivity contribution < 1.29 is 0 Å². The quantitative estimate of drug-likeness (QED) is 0.0971. The molecule has 0 atom stereocenters. The molecule has 6 heteroatoms. The normalized spacial score (nSPS) is 11.8. The maximum Gasteiger partial charge on any atom is 0.0357 e. The molecule has 0 nitrogen and oxygen atoms in total. The van der Waals surface area contributed by atoms with Crippen LogP contribution in [-0.2, 0) is 19.3 Å². The van der Waals surface area contributed by atoms with Crippen molar-refractivity contribution in [3.8, 4) is 10.4 Å². The van der Waals surface area contributed by atoms with Gasteiger partial charge in [0.1, 0.15) is 0 Å². The monoisotopic (exact) mass is 754 g/mol. The van der Waals surface area contributed by atoms with Gasteiger partial charge in [-0.3, -0.25) is 0 Å². The van der Waals surface area contributed by atoms with Crippen molar-refractivity contribution in [1.29, 1.82) is 0 Å². The first-order valence-electron chi connectivity index (χ1n) is 15.1. The van der Waals surface area contributed by atoms with E-state index in [1.54, 1.807) is 0 Å². The fourth-order valence-corrected chi connectivity index (χ4v) is 11.8. The van der Waals surface area contributed by atoms with Crippen LogP contribution in [0.15, 0.2) is 75.7 Å². The zero-order valence-electron chi connectivity index (χ0n) is 24.0. The summed E-state index contributed by atoms with van der Waals surface area (Å²) < 4.78 is 5.30. The Morgan fingerprint density at radius 2 is 1.12 bits per heavy atom. The Hall–Kier alpha value is -1.28. The molecule has 2 aromatic carbocycles. The summed E-state index contributed by atoms with van der Waals surface area (Å²) >= 11 is 15.5. The lowest BCUT2D eigenvalue weighted by atomic mass is 10.1. The fraction of sp³-hybridized carbons (Fsp3) is 0.333. The van der Waals surface area contributed by atoms with E-state index in [2.05, 4.69) is 106 Å². The van der Waals surface area contributed by atoms with Gasteiger partial charge < -0.3 is 0 Å². The minimum atomic E-state index is 0.976. The summed E-state index contributed by atoms with van der Waals surface area (Å²) in [6.07, 6.45) is 14.3. The average Bonchev–Trinajstić information content (AvgIpc) is 3.75. The molecule has 42 heavy (non-hydrogen) atoms. The molecule has 0 aliphatic heterocycles. The third-order valence-electron chi connectivity index (χ3n) is 7.83. The second-order valence-electron chi connectivity index (χ2n) is 11.2. The molecule has 6 aromatic rings. The van der Waals surface area contributed by atoms with Crippen LogP contribution in [0.2, 0.25) is 0 Å². The van der Waals surface area contributed by atoms with Gasteiger partial charge in [-0.25, -0.2) is 0 Å². The number of thiophene rings is 4. The van der Waals surface area contributed by atoms with Crippen molar-refractivity contribution in [2.45, 2.75) is 77.6 Å². The molecule has 0 saturated heterocycles. The van der Waals surface area contributed by atoms with Crippen LogP contribution in [-0.4, -0.2) is 0 Å². The zero-order valence-corrected chi connectivity index (χ0v) is 30.5. The van der Waals surface area contributed by atoms with Gasteiger partial charge in [0.05, 0.1) is 0 Å². The van der Waals surface area contributed by atoms with Gasteiger partial charge in [0.15, 0.2) is 0 Å². The Labute approximate surface area is 283 Å². The van der Waals surface area contributed by atoms with Crippen LogP contribution in [0.5, 0.6) is 0 Å². The van der Waals surface area contributed by atoms with Crippen LogP contribution in [0.25, 0.3) is 30.6 Å². The summed E-state index contributed by atoms with van der Waals surface area (Å²) in [5, 5.41) is 2.75. The smallest absolute Gasteiger partial charge is 0.0357 e. The van der Waals surface area contributed by atoms with Crippen molar-refractivity contribution >= 4 is 97.4 Å². The molecule has 0 aliphatic rings. The Balaban J connectivity index is 1.08. The number of hydrogen-bond donors (Lipinski definition) is 0. The van der Waals surface area contributed by atoms with E-state index < -0.39 is 0 Å². The minimum absolute atomic E-state index is 0.976. The van der Waals surface area contributed by atoms with Crippen molar-refractivity contribution in [1.82, 2.24) is 0 Å². The molecule has 0 fully saturated rings. The molecule has 0 radical (unpaired) electrons. The molecule has 4 heterocycles. The Bertz CT molecular complexity index is 1700. The number of hydrogen-bond acceptors (Lipinski definition) is 4. The lowest BCUT2D eigenvalue weighted by molar-refractivity contribution is 0.576. The van der Waals surface area contributed by atoms with E-state index >= 15 is 0 Å². The molecule has 0 amide bonds. The largest absolute Gasteiger partial charge is 0.144 e. The topological polar surface area (TPSA) is 0 Å². The third-order valence-corrected chi connectivity index (χ3v) is 14.3. The van der Waals surface area contributed by atoms with Crippen LogP contribution in [0, 0.1) is 0 Å². The molecular formula is C36H36Br2S4. The van der Waals surface area contributed by atoms with Gasteiger partial charge in [-0.15, -0.1) is 45.3 Å². The van der Waals surface area contributed by atoms with Gasteiger partial charge >= 0.3 is 0 Å². The highest BCUT2D eigenvalue weighted by Gasteiger charge is 2.14. The summed E-state index contributed by atoms with van der Waals surface area (Å²) in [6, 6.07) is 25.0. The summed E-state index contributed by atoms with van der Waals surface area (Å²) in [7, 11) is 0. The molecule has 0 saturated carbocycles. The van der Waals surface area contributed by atoms with Gasteiger partial charge in [0, 0.05) is 60.4 Å². The summed E-state index contributed by atoms with van der Waals surface area (Å²) in [5.74, 6) is 0. The fourth-order valence-electron chi connectivity index (χ4n) is 5.58. The van der Waals surface area contributed by atoms with E-state index in [0.717, 1.165) is 12.8 Å². The van der Waals surface area contributed by atoms with E-state index in [1.807, 2.05) is 45.3 Å². The first-order chi connectivity index (χ1) is 20.6. The number of rotatable bonds is 14. The number of aryl methyl sites for hydroxylation is 1. The molecule has 4 aromatic heterocycles. The van der Waals surface area contributed by atoms with Crippen molar-refractivity contribution in [2.75, 3.05) is 0 Å². The summed E-state index contributed by atoms with van der Waals surface area (Å²) in [6.45, 7) is 2.29. The molecule has 0 spiro atoms. The van der Waals surface area contributed by atoms with Crippen molar-refractivity contribution in [3.05, 3.63) is 100 Å². The minimum Gasteiger partial charge on any atom is -0.144 e. The van der Waals surface area contributed by atoms with Crippen molar-refractivity contribution in [3.63, 3.8) is 0 Å². The van der Waals surface area contributed by atoms with Gasteiger partial charge in [-0.2, -0.15) is 0 Å².